The van der Waals surface area contributed by atoms with Crippen molar-refractivity contribution in [2.24, 2.45) is 0 Å². The SMILES string of the molecule is COc1ccc(/C=C(\C#N)COC(C)=O)cc1. The van der Waals surface area contributed by atoms with Gasteiger partial charge in [-0.1, -0.05) is 12.1 Å². The molecule has 0 saturated carbocycles. The summed E-state index contributed by atoms with van der Waals surface area (Å²) in [6, 6.07) is 9.23. The average Bonchev–Trinajstić information content (AvgIpc) is 2.35. The van der Waals surface area contributed by atoms with Crippen LogP contribution in [0.5, 0.6) is 5.75 Å². The highest BCUT2D eigenvalue weighted by molar-refractivity contribution is 5.67. The Balaban J connectivity index is 2.76. The minimum Gasteiger partial charge on any atom is -0.497 e. The number of esters is 1. The number of nitriles is 1. The molecule has 0 atom stereocenters. The van der Waals surface area contributed by atoms with Crippen molar-refractivity contribution >= 4 is 12.0 Å². The molecule has 4 heteroatoms. The van der Waals surface area contributed by atoms with Crippen LogP contribution in [0.2, 0.25) is 0 Å². The molecule has 0 radical (unpaired) electrons. The second-order valence-corrected chi connectivity index (χ2v) is 3.33. The highest BCUT2D eigenvalue weighted by Crippen LogP contribution is 2.13. The van der Waals surface area contributed by atoms with Crippen molar-refractivity contribution in [3.63, 3.8) is 0 Å². The molecule has 0 amide bonds. The van der Waals surface area contributed by atoms with E-state index in [1.165, 1.54) is 6.92 Å². The molecule has 1 rings (SSSR count). The molecule has 1 aromatic carbocycles. The highest BCUT2D eigenvalue weighted by atomic mass is 16.5. The molecule has 0 N–H and O–H groups in total. The van der Waals surface area contributed by atoms with Gasteiger partial charge in [-0.3, -0.25) is 4.79 Å². The largest absolute Gasteiger partial charge is 0.497 e. The summed E-state index contributed by atoms with van der Waals surface area (Å²) in [5, 5.41) is 8.87. The molecule has 4 nitrogen and oxygen atoms in total. The third kappa shape index (κ3) is 4.39. The molecular formula is C13H13NO3. The second-order valence-electron chi connectivity index (χ2n) is 3.33. The van der Waals surface area contributed by atoms with Crippen molar-refractivity contribution in [2.75, 3.05) is 13.7 Å². The van der Waals surface area contributed by atoms with Gasteiger partial charge in [-0.25, -0.2) is 0 Å². The van der Waals surface area contributed by atoms with Crippen LogP contribution in [0.15, 0.2) is 29.8 Å². The van der Waals surface area contributed by atoms with E-state index >= 15 is 0 Å². The average molecular weight is 231 g/mol. The minimum absolute atomic E-state index is 0.00212. The number of rotatable bonds is 4. The normalized spacial score (nSPS) is 10.5. The van der Waals surface area contributed by atoms with Crippen LogP contribution in [-0.4, -0.2) is 19.7 Å². The van der Waals surface area contributed by atoms with Crippen molar-refractivity contribution in [1.82, 2.24) is 0 Å². The molecule has 0 aliphatic rings. The zero-order valence-electron chi connectivity index (χ0n) is 9.77. The monoisotopic (exact) mass is 231 g/mol. The summed E-state index contributed by atoms with van der Waals surface area (Å²) in [6.07, 6.45) is 1.67. The standard InChI is InChI=1S/C13H13NO3/c1-10(15)17-9-12(8-14)7-11-3-5-13(16-2)6-4-11/h3-7H,9H2,1-2H3/b12-7+. The highest BCUT2D eigenvalue weighted by Gasteiger charge is 2.00. The fraction of sp³-hybridized carbons (Fsp3) is 0.231. The van der Waals surface area contributed by atoms with E-state index in [-0.39, 0.29) is 6.61 Å². The molecule has 0 aliphatic heterocycles. The number of hydrogen-bond donors (Lipinski definition) is 0. The predicted octanol–water partition coefficient (Wildman–Crippen LogP) is 2.17. The van der Waals surface area contributed by atoms with E-state index in [1.54, 1.807) is 25.3 Å². The zero-order chi connectivity index (χ0) is 12.7. The lowest BCUT2D eigenvalue weighted by Crippen LogP contribution is -2.02. The van der Waals surface area contributed by atoms with Gasteiger partial charge in [-0.05, 0) is 23.8 Å². The number of methoxy groups -OCH3 is 1. The molecule has 0 heterocycles. The van der Waals surface area contributed by atoms with Gasteiger partial charge < -0.3 is 9.47 Å². The Bertz CT molecular complexity index is 455. The van der Waals surface area contributed by atoms with Crippen LogP contribution in [0.25, 0.3) is 6.08 Å². The minimum atomic E-state index is -0.402. The summed E-state index contributed by atoms with van der Waals surface area (Å²) in [4.78, 5) is 10.6. The number of carbonyl (C=O) groups is 1. The molecule has 0 aliphatic carbocycles. The van der Waals surface area contributed by atoms with Crippen molar-refractivity contribution in [2.45, 2.75) is 6.92 Å². The topological polar surface area (TPSA) is 59.3 Å². The van der Waals surface area contributed by atoms with Gasteiger partial charge in [0.1, 0.15) is 12.4 Å². The van der Waals surface area contributed by atoms with Crippen LogP contribution >= 0.6 is 0 Å². The number of benzene rings is 1. The maximum absolute atomic E-state index is 10.6. The molecule has 0 fully saturated rings. The van der Waals surface area contributed by atoms with E-state index in [9.17, 15) is 4.79 Å². The third-order valence-corrected chi connectivity index (χ3v) is 2.03. The van der Waals surface area contributed by atoms with Crippen LogP contribution in [0.1, 0.15) is 12.5 Å². The maximum Gasteiger partial charge on any atom is 0.302 e. The Hall–Kier alpha value is -2.28. The molecule has 0 saturated heterocycles. The van der Waals surface area contributed by atoms with E-state index < -0.39 is 5.97 Å². The Morgan fingerprint density at radius 1 is 1.41 bits per heavy atom. The Morgan fingerprint density at radius 2 is 2.06 bits per heavy atom. The first-order valence-corrected chi connectivity index (χ1v) is 5.04. The van der Waals surface area contributed by atoms with E-state index in [1.807, 2.05) is 18.2 Å². The molecule has 88 valence electrons. The maximum atomic E-state index is 10.6. The van der Waals surface area contributed by atoms with E-state index in [4.69, 9.17) is 14.7 Å². The number of hydrogen-bond acceptors (Lipinski definition) is 4. The van der Waals surface area contributed by atoms with Crippen molar-refractivity contribution < 1.29 is 14.3 Å². The second kappa shape index (κ2) is 6.33. The van der Waals surface area contributed by atoms with E-state index in [2.05, 4.69) is 0 Å². The van der Waals surface area contributed by atoms with Crippen LogP contribution in [-0.2, 0) is 9.53 Å². The number of carbonyl (C=O) groups excluding carboxylic acids is 1. The first kappa shape index (κ1) is 12.8. The van der Waals surface area contributed by atoms with Gasteiger partial charge in [0.05, 0.1) is 18.8 Å². The fourth-order valence-corrected chi connectivity index (χ4v) is 1.19. The van der Waals surface area contributed by atoms with Gasteiger partial charge in [-0.15, -0.1) is 0 Å². The van der Waals surface area contributed by atoms with Gasteiger partial charge in [0, 0.05) is 6.92 Å². The third-order valence-electron chi connectivity index (χ3n) is 2.03. The van der Waals surface area contributed by atoms with Gasteiger partial charge in [0.2, 0.25) is 0 Å². The summed E-state index contributed by atoms with van der Waals surface area (Å²) in [5.41, 5.74) is 1.25. The first-order valence-electron chi connectivity index (χ1n) is 5.04. The summed E-state index contributed by atoms with van der Waals surface area (Å²) >= 11 is 0. The summed E-state index contributed by atoms with van der Waals surface area (Å²) in [7, 11) is 1.59. The van der Waals surface area contributed by atoms with E-state index in [0.717, 1.165) is 11.3 Å². The zero-order valence-corrected chi connectivity index (χ0v) is 9.77. The Morgan fingerprint density at radius 3 is 2.53 bits per heavy atom. The number of ether oxygens (including phenoxy) is 2. The predicted molar refractivity (Wildman–Crippen MR) is 63.2 cm³/mol. The molecule has 0 spiro atoms. The Kier molecular flexibility index (Phi) is 4.77. The Labute approximate surface area is 100 Å². The van der Waals surface area contributed by atoms with Crippen molar-refractivity contribution in [1.29, 1.82) is 5.26 Å². The molecule has 0 unspecified atom stereocenters. The lowest BCUT2D eigenvalue weighted by atomic mass is 10.1. The fourth-order valence-electron chi connectivity index (χ4n) is 1.19. The molecule has 1 aromatic rings. The number of nitrogens with zero attached hydrogens (tertiary/aromatic N) is 1. The van der Waals surface area contributed by atoms with Crippen LogP contribution in [0.4, 0.5) is 0 Å². The van der Waals surface area contributed by atoms with Crippen molar-refractivity contribution in [3.05, 3.63) is 35.4 Å². The quantitative estimate of drug-likeness (QED) is 0.588. The summed E-state index contributed by atoms with van der Waals surface area (Å²) in [6.45, 7) is 1.31. The smallest absolute Gasteiger partial charge is 0.302 e. The van der Waals surface area contributed by atoms with E-state index in [0.29, 0.717) is 5.57 Å². The van der Waals surface area contributed by atoms with Gasteiger partial charge >= 0.3 is 5.97 Å². The van der Waals surface area contributed by atoms with Crippen LogP contribution in [0, 0.1) is 11.3 Å². The molecule has 0 aromatic heterocycles. The van der Waals surface area contributed by atoms with Crippen LogP contribution < -0.4 is 4.74 Å². The van der Waals surface area contributed by atoms with Gasteiger partial charge in [0.15, 0.2) is 0 Å². The lowest BCUT2D eigenvalue weighted by Gasteiger charge is -2.01. The first-order chi connectivity index (χ1) is 8.15. The van der Waals surface area contributed by atoms with Gasteiger partial charge in [-0.2, -0.15) is 5.26 Å². The van der Waals surface area contributed by atoms with Gasteiger partial charge in [0.25, 0.3) is 0 Å². The van der Waals surface area contributed by atoms with Crippen molar-refractivity contribution in [3.8, 4) is 11.8 Å². The van der Waals surface area contributed by atoms with Crippen LogP contribution in [0.3, 0.4) is 0 Å². The molecular weight excluding hydrogens is 218 g/mol. The lowest BCUT2D eigenvalue weighted by molar-refractivity contribution is -0.139. The summed E-state index contributed by atoms with van der Waals surface area (Å²) < 4.78 is 9.78. The summed E-state index contributed by atoms with van der Waals surface area (Å²) in [5.74, 6) is 0.349. The molecule has 17 heavy (non-hydrogen) atoms. The molecule has 0 bridgehead atoms.